The topological polar surface area (TPSA) is 88.3 Å². The Morgan fingerprint density at radius 1 is 0.970 bits per heavy atom. The Morgan fingerprint density at radius 2 is 1.64 bits per heavy atom. The molecule has 7 heteroatoms. The van der Waals surface area contributed by atoms with Gasteiger partial charge in [0.05, 0.1) is 4.90 Å². The minimum Gasteiger partial charge on any atom is -0.460 e. The molecule has 0 amide bonds. The lowest BCUT2D eigenvalue weighted by molar-refractivity contribution is -0.147. The van der Waals surface area contributed by atoms with Crippen LogP contribution in [-0.2, 0) is 32.6 Å². The SMILES string of the molecule is Cc1cc(C)cc(COC(=O)C(Cc2c[nH]c3ccccc23)NS(=O)(=O)c2ccccc2)c1. The van der Waals surface area contributed by atoms with E-state index in [0.29, 0.717) is 0 Å². The summed E-state index contributed by atoms with van der Waals surface area (Å²) in [6.45, 7) is 4.02. The number of carbonyl (C=O) groups excluding carboxylic acids is 1. The molecule has 4 rings (SSSR count). The summed E-state index contributed by atoms with van der Waals surface area (Å²) in [5.41, 5.74) is 4.75. The van der Waals surface area contributed by atoms with Gasteiger partial charge in [-0.05, 0) is 43.2 Å². The molecule has 0 aliphatic rings. The van der Waals surface area contributed by atoms with Crippen LogP contribution >= 0.6 is 0 Å². The van der Waals surface area contributed by atoms with Crippen molar-refractivity contribution in [2.75, 3.05) is 0 Å². The van der Waals surface area contributed by atoms with E-state index < -0.39 is 22.0 Å². The molecule has 0 saturated heterocycles. The quantitative estimate of drug-likeness (QED) is 0.380. The number of benzene rings is 3. The number of ether oxygens (including phenoxy) is 1. The first-order chi connectivity index (χ1) is 15.8. The van der Waals surface area contributed by atoms with Crippen LogP contribution in [0.2, 0.25) is 0 Å². The van der Waals surface area contributed by atoms with E-state index in [4.69, 9.17) is 4.74 Å². The van der Waals surface area contributed by atoms with Crippen molar-refractivity contribution in [2.24, 2.45) is 0 Å². The van der Waals surface area contributed by atoms with Crippen LogP contribution in [0.5, 0.6) is 0 Å². The lowest BCUT2D eigenvalue weighted by Crippen LogP contribution is -2.43. The number of sulfonamides is 1. The first-order valence-corrected chi connectivity index (χ1v) is 12.2. The van der Waals surface area contributed by atoms with Crippen LogP contribution < -0.4 is 4.72 Å². The number of fused-ring (bicyclic) bond motifs is 1. The van der Waals surface area contributed by atoms with Crippen molar-refractivity contribution in [1.82, 2.24) is 9.71 Å². The summed E-state index contributed by atoms with van der Waals surface area (Å²) in [6.07, 6.45) is 1.95. The molecule has 2 N–H and O–H groups in total. The highest BCUT2D eigenvalue weighted by Crippen LogP contribution is 2.21. The highest BCUT2D eigenvalue weighted by atomic mass is 32.2. The highest BCUT2D eigenvalue weighted by Gasteiger charge is 2.28. The van der Waals surface area contributed by atoms with Crippen LogP contribution in [-0.4, -0.2) is 25.4 Å². The number of aryl methyl sites for hydroxylation is 2. The van der Waals surface area contributed by atoms with Crippen molar-refractivity contribution in [3.05, 3.63) is 101 Å². The second-order valence-corrected chi connectivity index (χ2v) is 9.87. The van der Waals surface area contributed by atoms with Crippen molar-refractivity contribution >= 4 is 26.9 Å². The smallest absolute Gasteiger partial charge is 0.324 e. The Labute approximate surface area is 193 Å². The molecular formula is C26H26N2O4S. The van der Waals surface area contributed by atoms with E-state index in [9.17, 15) is 13.2 Å². The average Bonchev–Trinajstić information content (AvgIpc) is 3.20. The van der Waals surface area contributed by atoms with Gasteiger partial charge in [-0.1, -0.05) is 65.7 Å². The van der Waals surface area contributed by atoms with Gasteiger partial charge in [-0.25, -0.2) is 8.42 Å². The Kier molecular flexibility index (Phi) is 6.62. The maximum Gasteiger partial charge on any atom is 0.324 e. The number of aromatic amines is 1. The van der Waals surface area contributed by atoms with Crippen LogP contribution in [0.3, 0.4) is 0 Å². The number of carbonyl (C=O) groups is 1. The molecule has 0 aliphatic heterocycles. The molecule has 4 aromatic rings. The third-order valence-electron chi connectivity index (χ3n) is 5.40. The van der Waals surface area contributed by atoms with Crippen LogP contribution in [0.1, 0.15) is 22.3 Å². The molecule has 0 spiro atoms. The van der Waals surface area contributed by atoms with Gasteiger partial charge in [-0.2, -0.15) is 4.72 Å². The summed E-state index contributed by atoms with van der Waals surface area (Å²) in [5.74, 6) is -0.626. The zero-order valence-corrected chi connectivity index (χ0v) is 19.4. The summed E-state index contributed by atoms with van der Waals surface area (Å²) in [7, 11) is -3.92. The highest BCUT2D eigenvalue weighted by molar-refractivity contribution is 7.89. The van der Waals surface area contributed by atoms with Crippen molar-refractivity contribution in [3.8, 4) is 0 Å². The molecule has 1 unspecified atom stereocenters. The molecule has 0 aliphatic carbocycles. The molecule has 170 valence electrons. The molecule has 3 aromatic carbocycles. The number of para-hydroxylation sites is 1. The third-order valence-corrected chi connectivity index (χ3v) is 6.88. The van der Waals surface area contributed by atoms with Crippen molar-refractivity contribution in [1.29, 1.82) is 0 Å². The number of aromatic nitrogens is 1. The van der Waals surface area contributed by atoms with E-state index in [1.807, 2.05) is 56.3 Å². The second-order valence-electron chi connectivity index (χ2n) is 8.15. The average molecular weight is 463 g/mol. The van der Waals surface area contributed by atoms with E-state index in [1.165, 1.54) is 12.1 Å². The predicted molar refractivity (Wildman–Crippen MR) is 128 cm³/mol. The Bertz CT molecular complexity index is 1360. The van der Waals surface area contributed by atoms with E-state index >= 15 is 0 Å². The molecule has 1 heterocycles. The van der Waals surface area contributed by atoms with Gasteiger partial charge in [0.2, 0.25) is 10.0 Å². The van der Waals surface area contributed by atoms with Gasteiger partial charge >= 0.3 is 5.97 Å². The van der Waals surface area contributed by atoms with Gasteiger partial charge in [-0.3, -0.25) is 4.79 Å². The summed E-state index contributed by atoms with van der Waals surface area (Å²) < 4.78 is 34.1. The summed E-state index contributed by atoms with van der Waals surface area (Å²) >= 11 is 0. The molecule has 33 heavy (non-hydrogen) atoms. The molecule has 0 bridgehead atoms. The molecule has 0 saturated carbocycles. The Balaban J connectivity index is 1.59. The number of rotatable bonds is 8. The fraction of sp³-hybridized carbons (Fsp3) is 0.192. The normalized spacial score (nSPS) is 12.5. The maximum atomic E-state index is 13.1. The fourth-order valence-corrected chi connectivity index (χ4v) is 5.16. The molecule has 1 aromatic heterocycles. The van der Waals surface area contributed by atoms with Gasteiger partial charge in [0.25, 0.3) is 0 Å². The van der Waals surface area contributed by atoms with Gasteiger partial charge in [0, 0.05) is 23.5 Å². The number of esters is 1. The Morgan fingerprint density at radius 3 is 2.36 bits per heavy atom. The molecule has 0 fully saturated rings. The largest absolute Gasteiger partial charge is 0.460 e. The van der Waals surface area contributed by atoms with Gasteiger partial charge < -0.3 is 9.72 Å². The molecule has 0 radical (unpaired) electrons. The number of H-pyrrole nitrogens is 1. The Hall–Kier alpha value is -3.42. The van der Waals surface area contributed by atoms with E-state index in [0.717, 1.165) is 33.2 Å². The standard InChI is InChI=1S/C26H26N2O4S/c1-18-12-19(2)14-20(13-18)17-32-26(29)25(28-33(30,31)22-8-4-3-5-9-22)15-21-16-27-24-11-7-6-10-23(21)24/h3-14,16,25,27-28H,15,17H2,1-2H3. The number of hydrogen-bond acceptors (Lipinski definition) is 4. The first kappa shape index (κ1) is 22.8. The first-order valence-electron chi connectivity index (χ1n) is 10.7. The van der Waals surface area contributed by atoms with Crippen molar-refractivity contribution in [2.45, 2.75) is 37.8 Å². The summed E-state index contributed by atoms with van der Waals surface area (Å²) in [5, 5.41) is 0.934. The van der Waals surface area contributed by atoms with E-state index in [-0.39, 0.29) is 17.9 Å². The van der Waals surface area contributed by atoms with E-state index in [1.54, 1.807) is 24.4 Å². The molecule has 1 atom stereocenters. The molecular weight excluding hydrogens is 436 g/mol. The van der Waals surface area contributed by atoms with Gasteiger partial charge in [0.1, 0.15) is 12.6 Å². The second kappa shape index (κ2) is 9.60. The fourth-order valence-electron chi connectivity index (χ4n) is 3.96. The predicted octanol–water partition coefficient (Wildman–Crippen LogP) is 4.42. The number of nitrogens with one attached hydrogen (secondary N) is 2. The van der Waals surface area contributed by atoms with Crippen molar-refractivity contribution < 1.29 is 17.9 Å². The summed E-state index contributed by atoms with van der Waals surface area (Å²) in [4.78, 5) is 16.4. The van der Waals surface area contributed by atoms with Crippen molar-refractivity contribution in [3.63, 3.8) is 0 Å². The number of hydrogen-bond donors (Lipinski definition) is 2. The zero-order valence-electron chi connectivity index (χ0n) is 18.5. The van der Waals surface area contributed by atoms with Crippen LogP contribution in [0.15, 0.2) is 83.9 Å². The lowest BCUT2D eigenvalue weighted by atomic mass is 10.1. The van der Waals surface area contributed by atoms with Crippen LogP contribution in [0.25, 0.3) is 10.9 Å². The molecule has 6 nitrogen and oxygen atoms in total. The van der Waals surface area contributed by atoms with Gasteiger partial charge in [0.15, 0.2) is 0 Å². The minimum absolute atomic E-state index is 0.0683. The lowest BCUT2D eigenvalue weighted by Gasteiger charge is -2.18. The van der Waals surface area contributed by atoms with Crippen LogP contribution in [0, 0.1) is 13.8 Å². The third kappa shape index (κ3) is 5.50. The minimum atomic E-state index is -3.92. The van der Waals surface area contributed by atoms with Crippen LogP contribution in [0.4, 0.5) is 0 Å². The van der Waals surface area contributed by atoms with E-state index in [2.05, 4.69) is 9.71 Å². The zero-order chi connectivity index (χ0) is 23.4. The maximum absolute atomic E-state index is 13.1. The van der Waals surface area contributed by atoms with Gasteiger partial charge in [-0.15, -0.1) is 0 Å². The summed E-state index contributed by atoms with van der Waals surface area (Å²) in [6, 6.07) is 20.5. The monoisotopic (exact) mass is 462 g/mol.